The van der Waals surface area contributed by atoms with Crippen molar-refractivity contribution in [2.75, 3.05) is 20.3 Å². The number of carbonyl (C=O) groups excluding carboxylic acids is 2. The number of methoxy groups -OCH3 is 1. The van der Waals surface area contributed by atoms with Gasteiger partial charge in [-0.3, -0.25) is 14.5 Å². The number of amides is 2. The van der Waals surface area contributed by atoms with E-state index in [1.807, 2.05) is 76.5 Å². The van der Waals surface area contributed by atoms with Crippen LogP contribution in [0.2, 0.25) is 0 Å². The average Bonchev–Trinajstić information content (AvgIpc) is 3.54. The molecule has 0 bridgehead atoms. The molecule has 10 heteroatoms. The van der Waals surface area contributed by atoms with Crippen molar-refractivity contribution in [3.8, 4) is 5.75 Å². The van der Waals surface area contributed by atoms with Gasteiger partial charge in [0, 0.05) is 30.0 Å². The van der Waals surface area contributed by atoms with Crippen molar-refractivity contribution in [1.82, 2.24) is 14.4 Å². The van der Waals surface area contributed by atoms with Crippen LogP contribution in [-0.2, 0) is 24.1 Å². The number of benzene rings is 1. The highest BCUT2D eigenvalue weighted by Crippen LogP contribution is 2.56. The topological polar surface area (TPSA) is 103 Å². The van der Waals surface area contributed by atoms with Crippen LogP contribution in [0.5, 0.6) is 5.75 Å². The first-order valence-electron chi connectivity index (χ1n) is 14.7. The van der Waals surface area contributed by atoms with E-state index in [0.29, 0.717) is 30.7 Å². The summed E-state index contributed by atoms with van der Waals surface area (Å²) in [6.45, 7) is 12.3. The molecule has 2 amide bonds. The van der Waals surface area contributed by atoms with Gasteiger partial charge in [0.1, 0.15) is 23.5 Å². The highest BCUT2D eigenvalue weighted by molar-refractivity contribution is 6.02. The first-order valence-corrected chi connectivity index (χ1v) is 14.7. The summed E-state index contributed by atoms with van der Waals surface area (Å²) in [5.41, 5.74) is 1.13. The fourth-order valence-corrected chi connectivity index (χ4v) is 7.02. The van der Waals surface area contributed by atoms with E-state index in [0.717, 1.165) is 27.7 Å². The fraction of sp³-hybridized carbons (Fsp3) is 0.576. The van der Waals surface area contributed by atoms with Crippen molar-refractivity contribution < 1.29 is 33.9 Å². The first kappa shape index (κ1) is 31.3. The fourth-order valence-electron chi connectivity index (χ4n) is 7.02. The molecule has 3 unspecified atom stereocenters. The largest absolute Gasteiger partial charge is 0.497 e. The molecular formula is C33H45N3O7. The molecule has 1 N–H and O–H groups in total. The molecule has 2 saturated heterocycles. The zero-order valence-electron chi connectivity index (χ0n) is 25.5. The number of ether oxygens (including phenoxy) is 2. The third-order valence-corrected chi connectivity index (χ3v) is 8.81. The lowest BCUT2D eigenvalue weighted by molar-refractivity contribution is -0.390. The summed E-state index contributed by atoms with van der Waals surface area (Å²) in [6, 6.07) is 4.37. The molecule has 5 atom stereocenters. The maximum Gasteiger partial charge on any atom is 0.279 e. The third kappa shape index (κ3) is 4.79. The van der Waals surface area contributed by atoms with Crippen LogP contribution in [0.1, 0.15) is 97.9 Å². The number of hydrogen-bond acceptors (Lipinski definition) is 7. The SMILES string of the molecule is C.COc1ccc2c3c4n(c2c1)C(C=C(C)C)OOC(C)(C)CC4N1C(=O)C2CCCN2C(=O)[C@]1(O)[C@H]3OCC=C(C)C. The van der Waals surface area contributed by atoms with Gasteiger partial charge in [0.2, 0.25) is 5.91 Å². The minimum Gasteiger partial charge on any atom is -0.497 e. The number of allylic oxidation sites excluding steroid dienone is 2. The summed E-state index contributed by atoms with van der Waals surface area (Å²) in [6.07, 6.45) is 3.56. The molecule has 1 aromatic heterocycles. The second-order valence-electron chi connectivity index (χ2n) is 12.9. The summed E-state index contributed by atoms with van der Waals surface area (Å²) in [5.74, 6) is -0.133. The van der Waals surface area contributed by atoms with Crippen LogP contribution in [0, 0.1) is 0 Å². The minimum atomic E-state index is -2.24. The van der Waals surface area contributed by atoms with E-state index in [1.165, 1.54) is 4.90 Å². The molecule has 2 fully saturated rings. The van der Waals surface area contributed by atoms with Crippen LogP contribution < -0.4 is 4.74 Å². The van der Waals surface area contributed by atoms with Crippen LogP contribution in [-0.4, -0.2) is 68.9 Å². The number of nitrogens with zero attached hydrogens (tertiary/aromatic N) is 3. The number of aliphatic hydroxyl groups is 1. The number of piperazine rings is 1. The number of carbonyl (C=O) groups is 2. The Morgan fingerprint density at radius 2 is 1.88 bits per heavy atom. The monoisotopic (exact) mass is 595 g/mol. The Bertz CT molecular complexity index is 1500. The molecule has 43 heavy (non-hydrogen) atoms. The summed E-state index contributed by atoms with van der Waals surface area (Å²) in [7, 11) is 1.61. The van der Waals surface area contributed by atoms with Crippen molar-refractivity contribution in [2.24, 2.45) is 0 Å². The zero-order valence-corrected chi connectivity index (χ0v) is 25.5. The molecule has 234 valence electrons. The van der Waals surface area contributed by atoms with E-state index >= 15 is 0 Å². The lowest BCUT2D eigenvalue weighted by atomic mass is 9.79. The van der Waals surface area contributed by atoms with E-state index in [9.17, 15) is 14.7 Å². The Kier molecular flexibility index (Phi) is 8.05. The Hall–Kier alpha value is -3.18. The molecular weight excluding hydrogens is 550 g/mol. The second kappa shape index (κ2) is 11.1. The van der Waals surface area contributed by atoms with E-state index in [-0.39, 0.29) is 26.4 Å². The summed E-state index contributed by atoms with van der Waals surface area (Å²) in [5, 5.41) is 13.5. The molecule has 2 aromatic rings. The second-order valence-corrected chi connectivity index (χ2v) is 12.9. The van der Waals surface area contributed by atoms with Gasteiger partial charge in [0.05, 0.1) is 31.0 Å². The van der Waals surface area contributed by atoms with Crippen molar-refractivity contribution in [1.29, 1.82) is 0 Å². The van der Waals surface area contributed by atoms with Crippen LogP contribution in [0.3, 0.4) is 0 Å². The van der Waals surface area contributed by atoms with Gasteiger partial charge < -0.3 is 24.0 Å². The van der Waals surface area contributed by atoms with Crippen LogP contribution >= 0.6 is 0 Å². The van der Waals surface area contributed by atoms with Gasteiger partial charge in [0.25, 0.3) is 11.6 Å². The van der Waals surface area contributed by atoms with E-state index in [1.54, 1.807) is 12.0 Å². The smallest absolute Gasteiger partial charge is 0.279 e. The Balaban J connectivity index is 0.00000368. The van der Waals surface area contributed by atoms with Crippen molar-refractivity contribution in [3.63, 3.8) is 0 Å². The zero-order chi connectivity index (χ0) is 30.1. The summed E-state index contributed by atoms with van der Waals surface area (Å²) >= 11 is 0. The van der Waals surface area contributed by atoms with Crippen molar-refractivity contribution in [3.05, 3.63) is 52.8 Å². The van der Waals surface area contributed by atoms with E-state index in [2.05, 4.69) is 0 Å². The van der Waals surface area contributed by atoms with Crippen LogP contribution in [0.15, 0.2) is 41.5 Å². The molecule has 4 aliphatic rings. The minimum absolute atomic E-state index is 0. The van der Waals surface area contributed by atoms with Gasteiger partial charge in [-0.25, -0.2) is 9.78 Å². The van der Waals surface area contributed by atoms with Crippen molar-refractivity contribution in [2.45, 2.75) is 104 Å². The average molecular weight is 596 g/mol. The van der Waals surface area contributed by atoms with Gasteiger partial charge in [-0.05, 0) is 72.6 Å². The standard InChI is InChI=1S/C32H41N3O7.CH4/c1-18(2)12-14-40-28-26-21-11-10-20(39-7)16-23(21)34-25(15-19(3)4)41-42-31(5,6)17-24(27(26)34)35-29(36)22-9-8-13-33(22)30(37)32(28,35)38;/h10-12,15-16,22,24-25,28,38H,8-9,13-14,17H2,1-7H3;1H4/t22?,24?,25?,28-,32+;/m0./s1. The molecule has 0 spiro atoms. The molecule has 6 rings (SSSR count). The molecule has 0 saturated carbocycles. The van der Waals surface area contributed by atoms with Gasteiger partial charge in [0.15, 0.2) is 6.23 Å². The van der Waals surface area contributed by atoms with E-state index in [4.69, 9.17) is 19.2 Å². The lowest BCUT2D eigenvalue weighted by Crippen LogP contribution is -2.74. The quantitative estimate of drug-likeness (QED) is 0.361. The number of hydrogen-bond donors (Lipinski definition) is 1. The highest BCUT2D eigenvalue weighted by Gasteiger charge is 2.67. The van der Waals surface area contributed by atoms with Gasteiger partial charge in [-0.15, -0.1) is 0 Å². The number of rotatable bonds is 5. The number of fused-ring (bicyclic) bond motifs is 6. The maximum atomic E-state index is 14.4. The molecule has 0 aliphatic carbocycles. The predicted molar refractivity (Wildman–Crippen MR) is 162 cm³/mol. The molecule has 5 heterocycles. The third-order valence-electron chi connectivity index (χ3n) is 8.81. The molecule has 10 nitrogen and oxygen atoms in total. The highest BCUT2D eigenvalue weighted by atomic mass is 17.2. The normalized spacial score (nSPS) is 29.1. The Morgan fingerprint density at radius 1 is 1.14 bits per heavy atom. The maximum absolute atomic E-state index is 14.4. The molecule has 4 aliphatic heterocycles. The molecule has 1 aromatic carbocycles. The van der Waals surface area contributed by atoms with Gasteiger partial charge in [-0.1, -0.05) is 24.6 Å². The summed E-state index contributed by atoms with van der Waals surface area (Å²) in [4.78, 5) is 43.9. The lowest BCUT2D eigenvalue weighted by Gasteiger charge is -2.56. The number of aromatic nitrogens is 1. The Morgan fingerprint density at radius 3 is 2.56 bits per heavy atom. The van der Waals surface area contributed by atoms with Crippen molar-refractivity contribution >= 4 is 22.7 Å². The van der Waals surface area contributed by atoms with Crippen LogP contribution in [0.25, 0.3) is 10.9 Å². The van der Waals surface area contributed by atoms with Crippen LogP contribution in [0.4, 0.5) is 0 Å². The summed E-state index contributed by atoms with van der Waals surface area (Å²) < 4.78 is 14.1. The molecule has 0 radical (unpaired) electrons. The first-order chi connectivity index (χ1) is 19.9. The van der Waals surface area contributed by atoms with Gasteiger partial charge in [-0.2, -0.15) is 0 Å². The van der Waals surface area contributed by atoms with E-state index < -0.39 is 41.6 Å². The Labute approximate surface area is 253 Å². The van der Waals surface area contributed by atoms with Gasteiger partial charge >= 0.3 is 0 Å². The predicted octanol–water partition coefficient (Wildman–Crippen LogP) is 5.48.